The zero-order valence-electron chi connectivity index (χ0n) is 10.6. The lowest BCUT2D eigenvalue weighted by molar-refractivity contribution is 0.0697. The molecule has 0 spiro atoms. The van der Waals surface area contributed by atoms with E-state index in [9.17, 15) is 13.2 Å². The fourth-order valence-corrected chi connectivity index (χ4v) is 3.08. The third-order valence-electron chi connectivity index (χ3n) is 2.40. The van der Waals surface area contributed by atoms with Crippen LogP contribution in [-0.4, -0.2) is 38.0 Å². The molecular weight excluding hydrogens is 286 g/mol. The van der Waals surface area contributed by atoms with Gasteiger partial charge >= 0.3 is 5.97 Å². The van der Waals surface area contributed by atoms with Crippen molar-refractivity contribution in [1.29, 1.82) is 0 Å². The molecule has 0 aliphatic rings. The summed E-state index contributed by atoms with van der Waals surface area (Å²) in [5.41, 5.74) is 0.719. The first-order valence-electron chi connectivity index (χ1n) is 5.73. The van der Waals surface area contributed by atoms with Crippen LogP contribution in [-0.2, 0) is 15.8 Å². The Labute approximate surface area is 117 Å². The van der Waals surface area contributed by atoms with Crippen molar-refractivity contribution in [2.24, 2.45) is 0 Å². The van der Waals surface area contributed by atoms with Gasteiger partial charge in [0, 0.05) is 6.54 Å². The molecule has 0 fully saturated rings. The minimum Gasteiger partial charge on any atom is -0.478 e. The predicted octanol–water partition coefficient (Wildman–Crippen LogP) is 1.56. The molecule has 0 saturated heterocycles. The lowest BCUT2D eigenvalue weighted by atomic mass is 10.1. The molecule has 0 bridgehead atoms. The van der Waals surface area contributed by atoms with Gasteiger partial charge in [0.2, 0.25) is 10.0 Å². The fourth-order valence-electron chi connectivity index (χ4n) is 1.46. The largest absolute Gasteiger partial charge is 0.478 e. The van der Waals surface area contributed by atoms with Crippen molar-refractivity contribution in [3.8, 4) is 0 Å². The summed E-state index contributed by atoms with van der Waals surface area (Å²) >= 11 is 1.67. The van der Waals surface area contributed by atoms with Gasteiger partial charge in [-0.05, 0) is 36.1 Å². The Morgan fingerprint density at radius 3 is 2.47 bits per heavy atom. The lowest BCUT2D eigenvalue weighted by Gasteiger charge is -2.06. The summed E-state index contributed by atoms with van der Waals surface area (Å²) in [6.07, 6.45) is 2.76. The Hall–Kier alpha value is -1.05. The van der Waals surface area contributed by atoms with E-state index in [0.29, 0.717) is 12.1 Å². The average molecular weight is 303 g/mol. The third-order valence-corrected chi connectivity index (χ3v) is 4.46. The van der Waals surface area contributed by atoms with Gasteiger partial charge in [0.25, 0.3) is 0 Å². The van der Waals surface area contributed by atoms with E-state index in [1.807, 2.05) is 6.26 Å². The number of sulfonamides is 1. The summed E-state index contributed by atoms with van der Waals surface area (Å²) in [6.45, 7) is 0.427. The smallest absolute Gasteiger partial charge is 0.335 e. The molecule has 0 aliphatic heterocycles. The molecule has 1 rings (SSSR count). The van der Waals surface area contributed by atoms with Crippen molar-refractivity contribution in [2.45, 2.75) is 12.2 Å². The number of rotatable bonds is 8. The van der Waals surface area contributed by atoms with E-state index in [1.54, 1.807) is 11.8 Å². The number of nitrogens with one attached hydrogen (secondary N) is 1. The van der Waals surface area contributed by atoms with Gasteiger partial charge in [-0.25, -0.2) is 17.9 Å². The van der Waals surface area contributed by atoms with Crippen molar-refractivity contribution < 1.29 is 18.3 Å². The van der Waals surface area contributed by atoms with Gasteiger partial charge in [0.1, 0.15) is 0 Å². The van der Waals surface area contributed by atoms with Crippen LogP contribution in [0.4, 0.5) is 0 Å². The standard InChI is InChI=1S/C12H17NO4S2/c1-18-8-2-7-13-19(16,17)9-10-3-5-11(6-4-10)12(14)15/h3-6,13H,2,7-9H2,1H3,(H,14,15). The van der Waals surface area contributed by atoms with E-state index < -0.39 is 16.0 Å². The Kier molecular flexibility index (Phi) is 6.33. The molecule has 2 N–H and O–H groups in total. The lowest BCUT2D eigenvalue weighted by Crippen LogP contribution is -2.26. The van der Waals surface area contributed by atoms with Crippen molar-refractivity contribution in [3.05, 3.63) is 35.4 Å². The van der Waals surface area contributed by atoms with E-state index in [0.717, 1.165) is 12.2 Å². The van der Waals surface area contributed by atoms with Crippen molar-refractivity contribution in [1.82, 2.24) is 4.72 Å². The Balaban J connectivity index is 2.55. The van der Waals surface area contributed by atoms with Gasteiger partial charge in [-0.15, -0.1) is 0 Å². The molecule has 7 heteroatoms. The maximum Gasteiger partial charge on any atom is 0.335 e. The second-order valence-corrected chi connectivity index (χ2v) is 6.79. The summed E-state index contributed by atoms with van der Waals surface area (Å²) < 4.78 is 26.0. The van der Waals surface area contributed by atoms with E-state index in [2.05, 4.69) is 4.72 Å². The number of thioether (sulfide) groups is 1. The molecular formula is C12H17NO4S2. The van der Waals surface area contributed by atoms with Gasteiger partial charge in [-0.1, -0.05) is 12.1 Å². The van der Waals surface area contributed by atoms with Crippen molar-refractivity contribution in [2.75, 3.05) is 18.6 Å². The predicted molar refractivity (Wildman–Crippen MR) is 77.0 cm³/mol. The van der Waals surface area contributed by atoms with E-state index in [-0.39, 0.29) is 11.3 Å². The number of carbonyl (C=O) groups is 1. The van der Waals surface area contributed by atoms with Crippen LogP contribution in [0, 0.1) is 0 Å². The number of aromatic carboxylic acids is 1. The quantitative estimate of drug-likeness (QED) is 0.712. The number of carboxylic acids is 1. The van der Waals surface area contributed by atoms with Crippen LogP contribution >= 0.6 is 11.8 Å². The van der Waals surface area contributed by atoms with Gasteiger partial charge in [-0.2, -0.15) is 11.8 Å². The monoisotopic (exact) mass is 303 g/mol. The molecule has 19 heavy (non-hydrogen) atoms. The first kappa shape index (κ1) is 16.0. The van der Waals surface area contributed by atoms with E-state index in [1.165, 1.54) is 24.3 Å². The maximum absolute atomic E-state index is 11.7. The van der Waals surface area contributed by atoms with Gasteiger partial charge in [0.05, 0.1) is 11.3 Å². The highest BCUT2D eigenvalue weighted by molar-refractivity contribution is 7.98. The van der Waals surface area contributed by atoms with Gasteiger partial charge < -0.3 is 5.11 Å². The van der Waals surface area contributed by atoms with Crippen LogP contribution in [0.15, 0.2) is 24.3 Å². The molecule has 5 nitrogen and oxygen atoms in total. The first-order chi connectivity index (χ1) is 8.94. The molecule has 0 amide bonds. The number of hydrogen-bond acceptors (Lipinski definition) is 4. The molecule has 0 aromatic heterocycles. The zero-order chi connectivity index (χ0) is 14.3. The van der Waals surface area contributed by atoms with Gasteiger partial charge in [0.15, 0.2) is 0 Å². The molecule has 0 saturated carbocycles. The third kappa shape index (κ3) is 6.09. The first-order valence-corrected chi connectivity index (χ1v) is 8.78. The van der Waals surface area contributed by atoms with Crippen LogP contribution in [0.25, 0.3) is 0 Å². The van der Waals surface area contributed by atoms with Crippen LogP contribution in [0.5, 0.6) is 0 Å². The van der Waals surface area contributed by atoms with Gasteiger partial charge in [-0.3, -0.25) is 0 Å². The minimum atomic E-state index is -3.35. The maximum atomic E-state index is 11.7. The summed E-state index contributed by atoms with van der Waals surface area (Å²) in [5.74, 6) is -0.244. The number of carboxylic acid groups (broad SMARTS) is 1. The van der Waals surface area contributed by atoms with Crippen LogP contribution in [0.3, 0.4) is 0 Å². The zero-order valence-corrected chi connectivity index (χ0v) is 12.3. The molecule has 106 valence electrons. The van der Waals surface area contributed by atoms with Crippen molar-refractivity contribution >= 4 is 27.8 Å². The van der Waals surface area contributed by atoms with Crippen LogP contribution < -0.4 is 4.72 Å². The SMILES string of the molecule is CSCCCNS(=O)(=O)Cc1ccc(C(=O)O)cc1. The Morgan fingerprint density at radius 1 is 1.32 bits per heavy atom. The highest BCUT2D eigenvalue weighted by Gasteiger charge is 2.11. The minimum absolute atomic E-state index is 0.133. The molecule has 0 heterocycles. The number of hydrogen-bond donors (Lipinski definition) is 2. The average Bonchev–Trinajstić information content (AvgIpc) is 2.35. The van der Waals surface area contributed by atoms with Crippen molar-refractivity contribution in [3.63, 3.8) is 0 Å². The topological polar surface area (TPSA) is 83.5 Å². The number of benzene rings is 1. The molecule has 1 aromatic rings. The second-order valence-electron chi connectivity index (χ2n) is 4.00. The summed E-state index contributed by atoms with van der Waals surface area (Å²) in [4.78, 5) is 10.7. The Bertz CT molecular complexity index is 511. The Morgan fingerprint density at radius 2 is 1.95 bits per heavy atom. The molecule has 0 radical (unpaired) electrons. The summed E-state index contributed by atoms with van der Waals surface area (Å²) in [5, 5.41) is 8.74. The van der Waals surface area contributed by atoms with Crippen LogP contribution in [0.1, 0.15) is 22.3 Å². The fraction of sp³-hybridized carbons (Fsp3) is 0.417. The molecule has 0 aliphatic carbocycles. The summed E-state index contributed by atoms with van der Waals surface area (Å²) in [7, 11) is -3.35. The van der Waals surface area contributed by atoms with Crippen LogP contribution in [0.2, 0.25) is 0 Å². The molecule has 0 unspecified atom stereocenters. The molecule has 1 aromatic carbocycles. The summed E-state index contributed by atoms with van der Waals surface area (Å²) in [6, 6.07) is 5.84. The molecule has 0 atom stereocenters. The highest BCUT2D eigenvalue weighted by Crippen LogP contribution is 2.08. The highest BCUT2D eigenvalue weighted by atomic mass is 32.2. The normalized spacial score (nSPS) is 11.4. The van der Waals surface area contributed by atoms with E-state index in [4.69, 9.17) is 5.11 Å². The van der Waals surface area contributed by atoms with E-state index >= 15 is 0 Å². The second kappa shape index (κ2) is 7.52.